The van der Waals surface area contributed by atoms with Crippen LogP contribution in [0, 0.1) is 12.7 Å². The molecule has 0 fully saturated rings. The van der Waals surface area contributed by atoms with E-state index >= 15 is 0 Å². The largest absolute Gasteiger partial charge is 0.454 e. The topological polar surface area (TPSA) is 51.0 Å². The highest BCUT2D eigenvalue weighted by atomic mass is 19.1. The van der Waals surface area contributed by atoms with Crippen LogP contribution in [0.4, 0.5) is 10.3 Å². The van der Waals surface area contributed by atoms with Gasteiger partial charge < -0.3 is 9.73 Å². The number of nitrogens with one attached hydrogen (secondary N) is 1. The number of aromatic nitrogens is 2. The second-order valence-electron chi connectivity index (χ2n) is 4.24. The van der Waals surface area contributed by atoms with Crippen molar-refractivity contribution in [1.29, 1.82) is 0 Å². The third-order valence-corrected chi connectivity index (χ3v) is 2.94. The summed E-state index contributed by atoms with van der Waals surface area (Å²) in [6.07, 6.45) is 1.13. The molecule has 0 atom stereocenters. The Balaban J connectivity index is 2.21. The molecule has 2 heterocycles. The Kier molecular flexibility index (Phi) is 2.67. The van der Waals surface area contributed by atoms with Crippen LogP contribution < -0.4 is 5.32 Å². The molecule has 2 aromatic heterocycles. The molecule has 0 spiro atoms. The summed E-state index contributed by atoms with van der Waals surface area (Å²) in [5.41, 5.74) is 1.92. The summed E-state index contributed by atoms with van der Waals surface area (Å²) in [6, 6.07) is 7.60. The Hall–Kier alpha value is -2.43. The number of hydrogen-bond donors (Lipinski definition) is 1. The van der Waals surface area contributed by atoms with Gasteiger partial charge in [-0.1, -0.05) is 18.2 Å². The molecule has 3 aromatic rings. The molecule has 0 saturated carbocycles. The van der Waals surface area contributed by atoms with Crippen molar-refractivity contribution in [2.24, 2.45) is 0 Å². The Morgan fingerprint density at radius 3 is 2.89 bits per heavy atom. The zero-order chi connectivity index (χ0) is 13.4. The van der Waals surface area contributed by atoms with Crippen molar-refractivity contribution >= 4 is 16.9 Å². The van der Waals surface area contributed by atoms with Crippen molar-refractivity contribution in [1.82, 2.24) is 9.97 Å². The van der Waals surface area contributed by atoms with Gasteiger partial charge >= 0.3 is 0 Å². The zero-order valence-electron chi connectivity index (χ0n) is 10.6. The van der Waals surface area contributed by atoms with Crippen molar-refractivity contribution in [3.63, 3.8) is 0 Å². The van der Waals surface area contributed by atoms with Gasteiger partial charge in [-0.15, -0.1) is 0 Å². The Morgan fingerprint density at radius 2 is 2.16 bits per heavy atom. The van der Waals surface area contributed by atoms with E-state index in [4.69, 9.17) is 4.42 Å². The van der Waals surface area contributed by atoms with Gasteiger partial charge in [-0.05, 0) is 18.6 Å². The van der Waals surface area contributed by atoms with Crippen molar-refractivity contribution in [3.05, 3.63) is 41.8 Å². The minimum absolute atomic E-state index is 0.162. The van der Waals surface area contributed by atoms with Gasteiger partial charge in [0.2, 0.25) is 5.95 Å². The van der Waals surface area contributed by atoms with Crippen LogP contribution in [0.3, 0.4) is 0 Å². The molecule has 4 nitrogen and oxygen atoms in total. The van der Waals surface area contributed by atoms with Gasteiger partial charge in [-0.3, -0.25) is 0 Å². The number of hydrogen-bond acceptors (Lipinski definition) is 4. The molecule has 1 aromatic carbocycles. The van der Waals surface area contributed by atoms with Crippen LogP contribution in [0.15, 0.2) is 34.9 Å². The minimum atomic E-state index is -0.504. The van der Waals surface area contributed by atoms with Gasteiger partial charge in [0.05, 0.1) is 6.20 Å². The average Bonchev–Trinajstić information content (AvgIpc) is 2.84. The van der Waals surface area contributed by atoms with Crippen LogP contribution in [0.1, 0.15) is 5.56 Å². The number of rotatable bonds is 2. The molecule has 0 bridgehead atoms. The number of nitrogens with zero attached hydrogens (tertiary/aromatic N) is 2. The Bertz CT molecular complexity index is 752. The maximum absolute atomic E-state index is 13.8. The molecule has 0 radical (unpaired) electrons. The Morgan fingerprint density at radius 1 is 1.32 bits per heavy atom. The molecule has 1 N–H and O–H groups in total. The van der Waals surface area contributed by atoms with Crippen LogP contribution in [-0.4, -0.2) is 17.0 Å². The SMILES string of the molecule is CNc1ncc(F)c(-c2cc3cccc(C)c3o2)n1. The van der Waals surface area contributed by atoms with Crippen LogP contribution in [-0.2, 0) is 0 Å². The third kappa shape index (κ3) is 1.93. The summed E-state index contributed by atoms with van der Waals surface area (Å²) in [6.45, 7) is 1.95. The van der Waals surface area contributed by atoms with Gasteiger partial charge in [0.15, 0.2) is 11.6 Å². The summed E-state index contributed by atoms with van der Waals surface area (Å²) in [4.78, 5) is 7.91. The standard InChI is InChI=1S/C14H12FN3O/c1-8-4-3-5-9-6-11(19-13(8)9)12-10(15)7-17-14(16-2)18-12/h3-7H,1-2H3,(H,16,17,18). The molecule has 0 aliphatic rings. The molecule has 0 aliphatic heterocycles. The fourth-order valence-electron chi connectivity index (χ4n) is 1.99. The molecule has 5 heteroatoms. The summed E-state index contributed by atoms with van der Waals surface area (Å²) in [5, 5.41) is 3.71. The fourth-order valence-corrected chi connectivity index (χ4v) is 1.99. The zero-order valence-corrected chi connectivity index (χ0v) is 10.6. The minimum Gasteiger partial charge on any atom is -0.454 e. The first-order valence-electron chi connectivity index (χ1n) is 5.89. The molecule has 0 unspecified atom stereocenters. The number of halogens is 1. The average molecular weight is 257 g/mol. The number of aryl methyl sites for hydroxylation is 1. The maximum atomic E-state index is 13.8. The normalized spacial score (nSPS) is 10.9. The molecule has 3 rings (SSSR count). The predicted octanol–water partition coefficient (Wildman–Crippen LogP) is 3.38. The van der Waals surface area contributed by atoms with Crippen molar-refractivity contribution in [2.45, 2.75) is 6.92 Å². The third-order valence-electron chi connectivity index (χ3n) is 2.94. The van der Waals surface area contributed by atoms with E-state index in [1.54, 1.807) is 13.1 Å². The van der Waals surface area contributed by atoms with E-state index in [-0.39, 0.29) is 5.69 Å². The number of benzene rings is 1. The highest BCUT2D eigenvalue weighted by Crippen LogP contribution is 2.30. The lowest BCUT2D eigenvalue weighted by atomic mass is 10.2. The van der Waals surface area contributed by atoms with E-state index in [0.717, 1.165) is 22.7 Å². The van der Waals surface area contributed by atoms with Crippen LogP contribution >= 0.6 is 0 Å². The van der Waals surface area contributed by atoms with E-state index in [9.17, 15) is 4.39 Å². The summed E-state index contributed by atoms with van der Waals surface area (Å²) in [5.74, 6) is 0.255. The first-order valence-corrected chi connectivity index (χ1v) is 5.89. The molecule has 0 aliphatic carbocycles. The molecule has 96 valence electrons. The van der Waals surface area contributed by atoms with Crippen molar-refractivity contribution in [3.8, 4) is 11.5 Å². The molecule has 0 saturated heterocycles. The van der Waals surface area contributed by atoms with Gasteiger partial charge in [0, 0.05) is 12.4 Å². The van der Waals surface area contributed by atoms with E-state index in [1.807, 2.05) is 25.1 Å². The van der Waals surface area contributed by atoms with Crippen LogP contribution in [0.5, 0.6) is 0 Å². The summed E-state index contributed by atoms with van der Waals surface area (Å²) < 4.78 is 19.5. The highest BCUT2D eigenvalue weighted by molar-refractivity contribution is 5.84. The molecular weight excluding hydrogens is 245 g/mol. The first-order chi connectivity index (χ1) is 9.19. The molecular formula is C14H12FN3O. The van der Waals surface area contributed by atoms with E-state index in [2.05, 4.69) is 15.3 Å². The predicted molar refractivity (Wildman–Crippen MR) is 71.5 cm³/mol. The van der Waals surface area contributed by atoms with Crippen LogP contribution in [0.25, 0.3) is 22.4 Å². The monoisotopic (exact) mass is 257 g/mol. The smallest absolute Gasteiger partial charge is 0.223 e. The van der Waals surface area contributed by atoms with Gasteiger partial charge in [0.25, 0.3) is 0 Å². The summed E-state index contributed by atoms with van der Waals surface area (Å²) in [7, 11) is 1.68. The van der Waals surface area contributed by atoms with Gasteiger partial charge in [-0.25, -0.2) is 14.4 Å². The lowest BCUT2D eigenvalue weighted by molar-refractivity contribution is 0.589. The number of fused-ring (bicyclic) bond motifs is 1. The van der Waals surface area contributed by atoms with Crippen molar-refractivity contribution in [2.75, 3.05) is 12.4 Å². The number of para-hydroxylation sites is 1. The molecule has 0 amide bonds. The first kappa shape index (κ1) is 11.6. The van der Waals surface area contributed by atoms with Gasteiger partial charge in [0.1, 0.15) is 11.3 Å². The van der Waals surface area contributed by atoms with E-state index in [0.29, 0.717) is 11.7 Å². The fraction of sp³-hybridized carbons (Fsp3) is 0.143. The van der Waals surface area contributed by atoms with E-state index < -0.39 is 5.82 Å². The van der Waals surface area contributed by atoms with E-state index in [1.165, 1.54) is 0 Å². The maximum Gasteiger partial charge on any atom is 0.223 e. The van der Waals surface area contributed by atoms with Crippen molar-refractivity contribution < 1.29 is 8.81 Å². The Labute approximate surface area is 109 Å². The highest BCUT2D eigenvalue weighted by Gasteiger charge is 2.14. The van der Waals surface area contributed by atoms with Gasteiger partial charge in [-0.2, -0.15) is 0 Å². The second-order valence-corrected chi connectivity index (χ2v) is 4.24. The number of furan rings is 1. The second kappa shape index (κ2) is 4.35. The lowest BCUT2D eigenvalue weighted by Crippen LogP contribution is -1.99. The lowest BCUT2D eigenvalue weighted by Gasteiger charge is -2.01. The molecule has 19 heavy (non-hydrogen) atoms. The quantitative estimate of drug-likeness (QED) is 0.764. The van der Waals surface area contributed by atoms with Crippen LogP contribution in [0.2, 0.25) is 0 Å². The number of anilines is 1. The summed E-state index contributed by atoms with van der Waals surface area (Å²) >= 11 is 0.